The molecule has 0 aliphatic carbocycles. The van der Waals surface area contributed by atoms with Crippen LogP contribution in [0.1, 0.15) is 31.2 Å². The van der Waals surface area contributed by atoms with Gasteiger partial charge in [0.2, 0.25) is 0 Å². The van der Waals surface area contributed by atoms with Crippen LogP contribution in [0.4, 0.5) is 0 Å². The van der Waals surface area contributed by atoms with Crippen LogP contribution in [0.15, 0.2) is 6.07 Å². The van der Waals surface area contributed by atoms with Gasteiger partial charge < -0.3 is 15.2 Å². The van der Waals surface area contributed by atoms with E-state index in [1.807, 2.05) is 11.7 Å². The average molecular weight is 267 g/mol. The minimum absolute atomic E-state index is 0.0264. The highest BCUT2D eigenvalue weighted by Crippen LogP contribution is 2.29. The Balaban J connectivity index is 2.09. The summed E-state index contributed by atoms with van der Waals surface area (Å²) in [6.45, 7) is 3.57. The van der Waals surface area contributed by atoms with E-state index < -0.39 is 0 Å². The lowest BCUT2D eigenvalue weighted by Crippen LogP contribution is -2.54. The van der Waals surface area contributed by atoms with Crippen LogP contribution in [0.3, 0.4) is 0 Å². The molecular weight excluding hydrogens is 242 g/mol. The van der Waals surface area contributed by atoms with E-state index in [2.05, 4.69) is 18.1 Å². The summed E-state index contributed by atoms with van der Waals surface area (Å²) in [5.41, 5.74) is 8.46. The first-order valence-electron chi connectivity index (χ1n) is 7.01. The Hall–Kier alpha value is -0.910. The predicted octanol–water partition coefficient (Wildman–Crippen LogP) is 1.05. The molecule has 0 amide bonds. The summed E-state index contributed by atoms with van der Waals surface area (Å²) < 4.78 is 13.1. The number of nitrogens with zero attached hydrogens (tertiary/aromatic N) is 2. The second kappa shape index (κ2) is 6.03. The molecule has 0 saturated carbocycles. The molecule has 108 valence electrons. The highest BCUT2D eigenvalue weighted by molar-refractivity contribution is 5.13. The van der Waals surface area contributed by atoms with E-state index in [4.69, 9.17) is 15.2 Å². The summed E-state index contributed by atoms with van der Waals surface area (Å²) in [7, 11) is 3.73. The zero-order valence-corrected chi connectivity index (χ0v) is 12.2. The molecule has 1 fully saturated rings. The molecule has 1 aliphatic heterocycles. The van der Waals surface area contributed by atoms with Crippen molar-refractivity contribution in [2.75, 3.05) is 20.3 Å². The molecule has 2 rings (SSSR count). The zero-order chi connectivity index (χ0) is 13.9. The third-order valence-corrected chi connectivity index (χ3v) is 4.24. The van der Waals surface area contributed by atoms with Crippen molar-refractivity contribution in [2.24, 2.45) is 12.8 Å². The van der Waals surface area contributed by atoms with Crippen molar-refractivity contribution < 1.29 is 9.47 Å². The van der Waals surface area contributed by atoms with Gasteiger partial charge in [-0.25, -0.2) is 0 Å². The Morgan fingerprint density at radius 2 is 2.21 bits per heavy atom. The van der Waals surface area contributed by atoms with Crippen molar-refractivity contribution >= 4 is 0 Å². The molecule has 2 N–H and O–H groups in total. The molecule has 0 radical (unpaired) electrons. The van der Waals surface area contributed by atoms with E-state index >= 15 is 0 Å². The molecule has 0 bridgehead atoms. The van der Waals surface area contributed by atoms with E-state index in [0.717, 1.165) is 44.6 Å². The molecular formula is C14H25N3O2. The van der Waals surface area contributed by atoms with E-state index in [1.165, 1.54) is 5.69 Å². The molecule has 1 atom stereocenters. The van der Waals surface area contributed by atoms with Gasteiger partial charge in [-0.15, -0.1) is 0 Å². The van der Waals surface area contributed by atoms with Crippen molar-refractivity contribution in [2.45, 2.75) is 44.2 Å². The van der Waals surface area contributed by atoms with Gasteiger partial charge in [-0.2, -0.15) is 5.10 Å². The summed E-state index contributed by atoms with van der Waals surface area (Å²) in [5.74, 6) is 0. The first-order chi connectivity index (χ1) is 9.11. The summed E-state index contributed by atoms with van der Waals surface area (Å²) >= 11 is 0. The van der Waals surface area contributed by atoms with Crippen LogP contribution in [-0.4, -0.2) is 41.7 Å². The van der Waals surface area contributed by atoms with Crippen LogP contribution in [0, 0.1) is 0 Å². The Kier molecular flexibility index (Phi) is 4.60. The first kappa shape index (κ1) is 14.5. The summed E-state index contributed by atoms with van der Waals surface area (Å²) in [5, 5.41) is 4.47. The lowest BCUT2D eigenvalue weighted by Gasteiger charge is -2.40. The summed E-state index contributed by atoms with van der Waals surface area (Å²) in [6, 6.07) is 2.12. The lowest BCUT2D eigenvalue weighted by atomic mass is 9.84. The zero-order valence-electron chi connectivity index (χ0n) is 12.2. The molecule has 0 spiro atoms. The average Bonchev–Trinajstić information content (AvgIpc) is 2.80. The number of hydrogen-bond donors (Lipinski definition) is 1. The Labute approximate surface area is 115 Å². The topological polar surface area (TPSA) is 62.3 Å². The third-order valence-electron chi connectivity index (χ3n) is 4.24. The minimum atomic E-state index is -0.255. The Morgan fingerprint density at radius 3 is 2.74 bits per heavy atom. The van der Waals surface area contributed by atoms with Crippen molar-refractivity contribution in [3.8, 4) is 0 Å². The van der Waals surface area contributed by atoms with E-state index in [-0.39, 0.29) is 11.6 Å². The maximum absolute atomic E-state index is 6.42. The van der Waals surface area contributed by atoms with Crippen molar-refractivity contribution in [3.05, 3.63) is 17.5 Å². The van der Waals surface area contributed by atoms with Crippen LogP contribution < -0.4 is 5.73 Å². The molecule has 1 aromatic heterocycles. The number of aromatic nitrogens is 2. The van der Waals surface area contributed by atoms with E-state index in [9.17, 15) is 0 Å². The highest BCUT2D eigenvalue weighted by Gasteiger charge is 2.38. The van der Waals surface area contributed by atoms with Gasteiger partial charge in [-0.3, -0.25) is 4.68 Å². The van der Waals surface area contributed by atoms with Gasteiger partial charge in [0.15, 0.2) is 0 Å². The SMILES string of the molecule is CCc1cc(CC(N)C2(OC)CCOCC2)n(C)n1. The van der Waals surface area contributed by atoms with Crippen molar-refractivity contribution in [1.82, 2.24) is 9.78 Å². The molecule has 5 heteroatoms. The molecule has 1 unspecified atom stereocenters. The normalized spacial score (nSPS) is 20.4. The number of rotatable bonds is 5. The third kappa shape index (κ3) is 2.99. The maximum atomic E-state index is 6.42. The molecule has 0 aromatic carbocycles. The van der Waals surface area contributed by atoms with Crippen LogP contribution in [0.5, 0.6) is 0 Å². The van der Waals surface area contributed by atoms with Crippen LogP contribution in [-0.2, 0) is 29.4 Å². The quantitative estimate of drug-likeness (QED) is 0.866. The van der Waals surface area contributed by atoms with Crippen molar-refractivity contribution in [3.63, 3.8) is 0 Å². The number of methoxy groups -OCH3 is 1. The maximum Gasteiger partial charge on any atom is 0.0876 e. The second-order valence-corrected chi connectivity index (χ2v) is 5.30. The van der Waals surface area contributed by atoms with Gasteiger partial charge in [-0.05, 0) is 12.5 Å². The fourth-order valence-electron chi connectivity index (χ4n) is 2.79. The van der Waals surface area contributed by atoms with Crippen LogP contribution >= 0.6 is 0 Å². The minimum Gasteiger partial charge on any atom is -0.381 e. The number of hydrogen-bond acceptors (Lipinski definition) is 4. The molecule has 2 heterocycles. The second-order valence-electron chi connectivity index (χ2n) is 5.30. The molecule has 5 nitrogen and oxygen atoms in total. The number of nitrogens with two attached hydrogens (primary N) is 1. The van der Waals surface area contributed by atoms with E-state index in [1.54, 1.807) is 7.11 Å². The van der Waals surface area contributed by atoms with Gasteiger partial charge in [0.05, 0.1) is 11.3 Å². The van der Waals surface area contributed by atoms with Crippen LogP contribution in [0.2, 0.25) is 0 Å². The first-order valence-corrected chi connectivity index (χ1v) is 7.01. The van der Waals surface area contributed by atoms with Gasteiger partial charge in [0.1, 0.15) is 0 Å². The van der Waals surface area contributed by atoms with Crippen molar-refractivity contribution in [1.29, 1.82) is 0 Å². The number of ether oxygens (including phenoxy) is 2. The van der Waals surface area contributed by atoms with E-state index in [0.29, 0.717) is 0 Å². The fraction of sp³-hybridized carbons (Fsp3) is 0.786. The highest BCUT2D eigenvalue weighted by atomic mass is 16.5. The summed E-state index contributed by atoms with van der Waals surface area (Å²) in [4.78, 5) is 0. The van der Waals surface area contributed by atoms with Crippen LogP contribution in [0.25, 0.3) is 0 Å². The lowest BCUT2D eigenvalue weighted by molar-refractivity contribution is -0.104. The Bertz CT molecular complexity index is 411. The standard InChI is InChI=1S/C14H25N3O2/c1-4-11-9-12(17(2)16-11)10-13(15)14(18-3)5-7-19-8-6-14/h9,13H,4-8,10,15H2,1-3H3. The molecule has 1 aromatic rings. The summed E-state index contributed by atoms with van der Waals surface area (Å²) in [6.07, 6.45) is 3.47. The van der Waals surface area contributed by atoms with Gasteiger partial charge in [-0.1, -0.05) is 6.92 Å². The smallest absolute Gasteiger partial charge is 0.0876 e. The number of aryl methyl sites for hydroxylation is 2. The fourth-order valence-corrected chi connectivity index (χ4v) is 2.79. The predicted molar refractivity (Wildman–Crippen MR) is 74.1 cm³/mol. The molecule has 1 aliphatic rings. The van der Waals surface area contributed by atoms with Gasteiger partial charge in [0.25, 0.3) is 0 Å². The van der Waals surface area contributed by atoms with Gasteiger partial charge in [0, 0.05) is 58.4 Å². The van der Waals surface area contributed by atoms with Gasteiger partial charge >= 0.3 is 0 Å². The largest absolute Gasteiger partial charge is 0.381 e. The molecule has 1 saturated heterocycles. The molecule has 19 heavy (non-hydrogen) atoms. The Morgan fingerprint density at radius 1 is 1.53 bits per heavy atom. The monoisotopic (exact) mass is 267 g/mol.